The zero-order chi connectivity index (χ0) is 22.8. The van der Waals surface area contributed by atoms with Crippen LogP contribution in [0, 0.1) is 5.82 Å². The van der Waals surface area contributed by atoms with E-state index < -0.39 is 5.82 Å². The van der Waals surface area contributed by atoms with Crippen molar-refractivity contribution in [2.45, 2.75) is 26.3 Å². The number of carbonyl (C=O) groups is 3. The molecular weight excluding hydrogens is 411 g/mol. The van der Waals surface area contributed by atoms with E-state index in [1.165, 1.54) is 13.0 Å². The first kappa shape index (κ1) is 22.0. The van der Waals surface area contributed by atoms with Crippen LogP contribution in [0.1, 0.15) is 30.6 Å². The lowest BCUT2D eigenvalue weighted by Gasteiger charge is -2.37. The third-order valence-corrected chi connectivity index (χ3v) is 6.05. The van der Waals surface area contributed by atoms with E-state index in [4.69, 9.17) is 0 Å². The number of rotatable bonds is 4. The van der Waals surface area contributed by atoms with Crippen LogP contribution in [-0.4, -0.2) is 61.3 Å². The topological polar surface area (TPSA) is 73.0 Å². The van der Waals surface area contributed by atoms with Crippen molar-refractivity contribution in [1.82, 2.24) is 4.90 Å². The molecule has 2 aromatic carbocycles. The normalized spacial score (nSPS) is 19.2. The van der Waals surface area contributed by atoms with E-state index in [-0.39, 0.29) is 36.6 Å². The molecule has 0 radical (unpaired) electrons. The molecule has 7 nitrogen and oxygen atoms in total. The zero-order valence-corrected chi connectivity index (χ0v) is 18.3. The predicted octanol–water partition coefficient (Wildman–Crippen LogP) is 2.91. The molecule has 1 saturated heterocycles. The van der Waals surface area contributed by atoms with Gasteiger partial charge in [0, 0.05) is 44.2 Å². The number of benzene rings is 2. The van der Waals surface area contributed by atoms with Gasteiger partial charge in [0.15, 0.2) is 5.78 Å². The molecule has 0 saturated carbocycles. The number of nitrogens with one attached hydrogen (secondary N) is 1. The van der Waals surface area contributed by atoms with Crippen molar-refractivity contribution in [3.63, 3.8) is 0 Å². The second-order valence-corrected chi connectivity index (χ2v) is 8.37. The molecule has 1 unspecified atom stereocenters. The summed E-state index contributed by atoms with van der Waals surface area (Å²) < 4.78 is 14.5. The Morgan fingerprint density at radius 1 is 1.06 bits per heavy atom. The highest BCUT2D eigenvalue weighted by molar-refractivity contribution is 6.05. The van der Waals surface area contributed by atoms with E-state index in [1.54, 1.807) is 23.1 Å². The lowest BCUT2D eigenvalue weighted by Crippen LogP contribution is -2.51. The van der Waals surface area contributed by atoms with E-state index >= 15 is 0 Å². The largest absolute Gasteiger partial charge is 0.367 e. The smallest absolute Gasteiger partial charge is 0.241 e. The second-order valence-electron chi connectivity index (χ2n) is 8.37. The average molecular weight is 439 g/mol. The number of fused-ring (bicyclic) bond motifs is 1. The Bertz CT molecular complexity index is 1050. The zero-order valence-electron chi connectivity index (χ0n) is 18.3. The molecular formula is C24H27FN4O3. The van der Waals surface area contributed by atoms with Crippen LogP contribution in [0.2, 0.25) is 0 Å². The first-order valence-electron chi connectivity index (χ1n) is 10.8. The molecule has 0 spiro atoms. The number of amides is 2. The Hall–Kier alpha value is -3.26. The highest BCUT2D eigenvalue weighted by Crippen LogP contribution is 2.31. The Labute approximate surface area is 186 Å². The third kappa shape index (κ3) is 4.50. The number of Topliss-reactive ketones (excluding diaryl/α,β-unsaturated/α-hetero) is 1. The van der Waals surface area contributed by atoms with Crippen molar-refractivity contribution in [3.8, 4) is 0 Å². The summed E-state index contributed by atoms with van der Waals surface area (Å²) >= 11 is 0. The minimum absolute atomic E-state index is 0.0631. The van der Waals surface area contributed by atoms with Gasteiger partial charge in [-0.1, -0.05) is 12.1 Å². The van der Waals surface area contributed by atoms with Crippen molar-refractivity contribution >= 4 is 34.7 Å². The molecule has 4 rings (SSSR count). The molecule has 0 aliphatic carbocycles. The van der Waals surface area contributed by atoms with Gasteiger partial charge >= 0.3 is 0 Å². The van der Waals surface area contributed by atoms with Crippen LogP contribution in [0.3, 0.4) is 0 Å². The summed E-state index contributed by atoms with van der Waals surface area (Å²) in [5.41, 5.74) is 2.18. The maximum absolute atomic E-state index is 14.5. The molecule has 1 atom stereocenters. The number of carbonyl (C=O) groups excluding carboxylic acids is 3. The van der Waals surface area contributed by atoms with E-state index in [0.717, 1.165) is 0 Å². The maximum atomic E-state index is 14.5. The Morgan fingerprint density at radius 2 is 1.78 bits per heavy atom. The molecule has 2 aliphatic rings. The molecule has 0 aromatic heterocycles. The van der Waals surface area contributed by atoms with Gasteiger partial charge in [-0.25, -0.2) is 4.39 Å². The summed E-state index contributed by atoms with van der Waals surface area (Å²) in [6, 6.07) is 11.7. The van der Waals surface area contributed by atoms with Crippen LogP contribution in [0.4, 0.5) is 21.5 Å². The maximum Gasteiger partial charge on any atom is 0.241 e. The number of piperazine rings is 1. The lowest BCUT2D eigenvalue weighted by atomic mass is 10.1. The highest BCUT2D eigenvalue weighted by Gasteiger charge is 2.31. The van der Waals surface area contributed by atoms with Crippen LogP contribution in [-0.2, 0) is 9.59 Å². The molecule has 2 aliphatic heterocycles. The summed E-state index contributed by atoms with van der Waals surface area (Å²) in [5, 5.41) is 2.87. The second kappa shape index (κ2) is 9.08. The standard InChI is InChI=1S/C24H27FN4O3/c1-16-13-23(31)26-20-5-3-4-6-22(20)29(16)24(32)15-27-9-11-28(12-10-27)21-8-7-18(17(2)30)14-19(21)25/h3-8,14,16H,9-13,15H2,1-2H3,(H,26,31). The third-order valence-electron chi connectivity index (χ3n) is 6.05. The van der Waals surface area contributed by atoms with Crippen molar-refractivity contribution in [3.05, 3.63) is 53.8 Å². The molecule has 1 N–H and O–H groups in total. The summed E-state index contributed by atoms with van der Waals surface area (Å²) in [7, 11) is 0. The van der Waals surface area contributed by atoms with Crippen LogP contribution in [0.25, 0.3) is 0 Å². The fraction of sp³-hybridized carbons (Fsp3) is 0.375. The fourth-order valence-electron chi connectivity index (χ4n) is 4.36. The minimum atomic E-state index is -0.408. The highest BCUT2D eigenvalue weighted by atomic mass is 19.1. The number of hydrogen-bond donors (Lipinski definition) is 1. The van der Waals surface area contributed by atoms with Crippen molar-refractivity contribution in [2.75, 3.05) is 47.8 Å². The van der Waals surface area contributed by atoms with Crippen LogP contribution in [0.5, 0.6) is 0 Å². The summed E-state index contributed by atoms with van der Waals surface area (Å²) in [6.07, 6.45) is 0.240. The van der Waals surface area contributed by atoms with Gasteiger partial charge in [0.05, 0.1) is 23.6 Å². The summed E-state index contributed by atoms with van der Waals surface area (Å²) in [4.78, 5) is 42.6. The monoisotopic (exact) mass is 438 g/mol. The number of para-hydroxylation sites is 2. The van der Waals surface area contributed by atoms with Gasteiger partial charge in [-0.05, 0) is 44.2 Å². The number of nitrogens with zero attached hydrogens (tertiary/aromatic N) is 3. The predicted molar refractivity (Wildman–Crippen MR) is 122 cm³/mol. The molecule has 2 heterocycles. The Morgan fingerprint density at radius 3 is 2.47 bits per heavy atom. The quantitative estimate of drug-likeness (QED) is 0.744. The molecule has 0 bridgehead atoms. The van der Waals surface area contributed by atoms with Gasteiger partial charge in [-0.3, -0.25) is 19.3 Å². The lowest BCUT2D eigenvalue weighted by molar-refractivity contribution is -0.120. The molecule has 2 aromatic rings. The van der Waals surface area contributed by atoms with Gasteiger partial charge in [0.1, 0.15) is 5.82 Å². The van der Waals surface area contributed by atoms with Gasteiger partial charge in [0.25, 0.3) is 0 Å². The van der Waals surface area contributed by atoms with E-state index in [1.807, 2.05) is 30.0 Å². The van der Waals surface area contributed by atoms with Gasteiger partial charge in [-0.15, -0.1) is 0 Å². The summed E-state index contributed by atoms with van der Waals surface area (Å²) in [5.74, 6) is -0.743. The molecule has 1 fully saturated rings. The average Bonchev–Trinajstić information content (AvgIpc) is 2.88. The SMILES string of the molecule is CC(=O)c1ccc(N2CCN(CC(=O)N3c4ccccc4NC(=O)CC3C)CC2)c(F)c1. The van der Waals surface area contributed by atoms with Crippen molar-refractivity contribution < 1.29 is 18.8 Å². The fourth-order valence-corrected chi connectivity index (χ4v) is 4.36. The molecule has 32 heavy (non-hydrogen) atoms. The van der Waals surface area contributed by atoms with Gasteiger partial charge < -0.3 is 15.1 Å². The van der Waals surface area contributed by atoms with Crippen molar-refractivity contribution in [1.29, 1.82) is 0 Å². The number of anilines is 3. The number of hydrogen-bond acceptors (Lipinski definition) is 5. The Kier molecular flexibility index (Phi) is 6.23. The van der Waals surface area contributed by atoms with Crippen LogP contribution in [0.15, 0.2) is 42.5 Å². The molecule has 168 valence electrons. The van der Waals surface area contributed by atoms with E-state index in [2.05, 4.69) is 10.2 Å². The number of halogens is 1. The van der Waals surface area contributed by atoms with E-state index in [0.29, 0.717) is 48.8 Å². The molecule has 8 heteroatoms. The first-order chi connectivity index (χ1) is 15.3. The van der Waals surface area contributed by atoms with Crippen LogP contribution >= 0.6 is 0 Å². The van der Waals surface area contributed by atoms with Gasteiger partial charge in [-0.2, -0.15) is 0 Å². The Balaban J connectivity index is 1.42. The minimum Gasteiger partial charge on any atom is -0.367 e. The van der Waals surface area contributed by atoms with Crippen LogP contribution < -0.4 is 15.1 Å². The van der Waals surface area contributed by atoms with Gasteiger partial charge in [0.2, 0.25) is 11.8 Å². The van der Waals surface area contributed by atoms with E-state index in [9.17, 15) is 18.8 Å². The first-order valence-corrected chi connectivity index (χ1v) is 10.8. The molecule has 2 amide bonds. The summed E-state index contributed by atoms with van der Waals surface area (Å²) in [6.45, 7) is 5.91. The number of ketones is 1. The van der Waals surface area contributed by atoms with Crippen molar-refractivity contribution in [2.24, 2.45) is 0 Å².